The number of benzene rings is 1. The van der Waals surface area contributed by atoms with E-state index in [1.165, 1.54) is 16.2 Å². The van der Waals surface area contributed by atoms with Gasteiger partial charge in [0.2, 0.25) is 0 Å². The van der Waals surface area contributed by atoms with Crippen LogP contribution < -0.4 is 5.43 Å². The van der Waals surface area contributed by atoms with Crippen LogP contribution in [-0.2, 0) is 0 Å². The molecule has 1 aromatic carbocycles. The molecule has 1 amide bonds. The molecule has 0 aliphatic rings. The van der Waals surface area contributed by atoms with Gasteiger partial charge in [0.05, 0.1) is 15.6 Å². The molecule has 0 saturated heterocycles. The highest BCUT2D eigenvalue weighted by Crippen LogP contribution is 2.35. The molecule has 130 valence electrons. The topological polar surface area (TPSA) is 41.5 Å². The number of hydrogen-bond donors (Lipinski definition) is 1. The second-order valence-electron chi connectivity index (χ2n) is 5.90. The summed E-state index contributed by atoms with van der Waals surface area (Å²) in [5, 5.41) is 5.79. The molecule has 3 rings (SSSR count). The van der Waals surface area contributed by atoms with E-state index < -0.39 is 0 Å². The fourth-order valence-corrected chi connectivity index (χ4v) is 4.94. The van der Waals surface area contributed by atoms with Crippen LogP contribution in [-0.4, -0.2) is 11.6 Å². The normalized spacial score (nSPS) is 11.9. The lowest BCUT2D eigenvalue weighted by Crippen LogP contribution is -2.19. The van der Waals surface area contributed by atoms with E-state index in [0.717, 1.165) is 39.1 Å². The first-order valence-electron chi connectivity index (χ1n) is 8.12. The highest BCUT2D eigenvalue weighted by atomic mass is 35.5. The largest absolute Gasteiger partial charge is 0.283 e. The van der Waals surface area contributed by atoms with Gasteiger partial charge in [-0.05, 0) is 44.0 Å². The first-order chi connectivity index (χ1) is 12.0. The molecule has 1 N–H and O–H groups in total. The van der Waals surface area contributed by atoms with Crippen molar-refractivity contribution in [2.24, 2.45) is 5.10 Å². The first-order valence-corrected chi connectivity index (χ1v) is 10.1. The van der Waals surface area contributed by atoms with Crippen molar-refractivity contribution in [2.75, 3.05) is 0 Å². The van der Waals surface area contributed by atoms with Gasteiger partial charge in [-0.2, -0.15) is 5.10 Å². The quantitative estimate of drug-likeness (QED) is 0.411. The zero-order valence-corrected chi connectivity index (χ0v) is 16.7. The van der Waals surface area contributed by atoms with Crippen molar-refractivity contribution < 1.29 is 4.79 Å². The molecule has 2 heterocycles. The summed E-state index contributed by atoms with van der Waals surface area (Å²) in [4.78, 5) is 15.4. The van der Waals surface area contributed by atoms with E-state index in [9.17, 15) is 4.79 Å². The van der Waals surface area contributed by atoms with Crippen molar-refractivity contribution >= 4 is 56.0 Å². The van der Waals surface area contributed by atoms with Gasteiger partial charge in [-0.15, -0.1) is 22.7 Å². The predicted molar refractivity (Wildman–Crippen MR) is 110 cm³/mol. The zero-order valence-electron chi connectivity index (χ0n) is 14.4. The molecule has 0 unspecified atom stereocenters. The Morgan fingerprint density at radius 3 is 2.68 bits per heavy atom. The summed E-state index contributed by atoms with van der Waals surface area (Å²) in [6.45, 7) is 6.19. The van der Waals surface area contributed by atoms with Gasteiger partial charge in [0.1, 0.15) is 4.88 Å². The van der Waals surface area contributed by atoms with Crippen molar-refractivity contribution in [3.8, 4) is 0 Å². The third kappa shape index (κ3) is 3.94. The van der Waals surface area contributed by atoms with Crippen LogP contribution in [0, 0.1) is 13.8 Å². The minimum atomic E-state index is -0.259. The summed E-state index contributed by atoms with van der Waals surface area (Å²) in [7, 11) is 0. The molecule has 0 saturated carbocycles. The Kier molecular flexibility index (Phi) is 5.57. The fraction of sp³-hybridized carbons (Fsp3) is 0.263. The van der Waals surface area contributed by atoms with Crippen molar-refractivity contribution in [1.29, 1.82) is 0 Å². The number of fused-ring (bicyclic) bond motifs is 1. The second kappa shape index (κ2) is 7.68. The Hall–Kier alpha value is -1.69. The number of carbonyl (C=O) groups excluding carboxylic acids is 1. The van der Waals surface area contributed by atoms with Crippen LogP contribution in [0.4, 0.5) is 0 Å². The summed E-state index contributed by atoms with van der Waals surface area (Å²) < 4.78 is 1.02. The number of carbonyl (C=O) groups is 1. The van der Waals surface area contributed by atoms with Crippen molar-refractivity contribution in [3.63, 3.8) is 0 Å². The Morgan fingerprint density at radius 1 is 1.20 bits per heavy atom. The Morgan fingerprint density at radius 2 is 2.00 bits per heavy atom. The molecular formula is C19H19ClN2OS2. The summed E-state index contributed by atoms with van der Waals surface area (Å²) in [5.74, 6) is -0.259. The van der Waals surface area contributed by atoms with Crippen LogP contribution >= 0.6 is 34.3 Å². The number of nitrogens with one attached hydrogen (secondary N) is 1. The molecule has 0 radical (unpaired) electrons. The molecule has 0 fully saturated rings. The second-order valence-corrected chi connectivity index (χ2v) is 8.62. The fourth-order valence-electron chi connectivity index (χ4n) is 2.55. The van der Waals surface area contributed by atoms with Gasteiger partial charge in [0.25, 0.3) is 5.91 Å². The van der Waals surface area contributed by atoms with Crippen LogP contribution in [0.25, 0.3) is 10.1 Å². The van der Waals surface area contributed by atoms with Crippen molar-refractivity contribution in [2.45, 2.75) is 33.6 Å². The maximum absolute atomic E-state index is 12.6. The average molecular weight is 391 g/mol. The highest BCUT2D eigenvalue weighted by molar-refractivity contribution is 7.21. The molecule has 0 atom stereocenters. The summed E-state index contributed by atoms with van der Waals surface area (Å²) in [6.07, 6.45) is 1.79. The number of amides is 1. The Labute approximate surface area is 160 Å². The molecule has 3 nitrogen and oxygen atoms in total. The van der Waals surface area contributed by atoms with Crippen LogP contribution in [0.15, 0.2) is 35.4 Å². The van der Waals surface area contributed by atoms with Gasteiger partial charge in [0, 0.05) is 15.0 Å². The Bertz CT molecular complexity index is 956. The van der Waals surface area contributed by atoms with Gasteiger partial charge < -0.3 is 0 Å². The SMILES string of the molecule is CCC/C(=N/NC(=O)c1sc2cc(C)ccc2c1Cl)c1ccc(C)s1. The molecule has 6 heteroatoms. The van der Waals surface area contributed by atoms with Gasteiger partial charge >= 0.3 is 0 Å². The number of rotatable bonds is 5. The van der Waals surface area contributed by atoms with E-state index in [-0.39, 0.29) is 5.91 Å². The maximum Gasteiger partial charge on any atom is 0.283 e. The van der Waals surface area contributed by atoms with Crippen molar-refractivity contribution in [3.05, 3.63) is 55.5 Å². The number of halogens is 1. The molecule has 0 bridgehead atoms. The summed E-state index contributed by atoms with van der Waals surface area (Å²) >= 11 is 9.49. The van der Waals surface area contributed by atoms with Gasteiger partial charge in [0.15, 0.2) is 0 Å². The smallest absolute Gasteiger partial charge is 0.266 e. The number of thiophene rings is 2. The van der Waals surface area contributed by atoms with Crippen LogP contribution in [0.2, 0.25) is 5.02 Å². The van der Waals surface area contributed by atoms with Crippen LogP contribution in [0.5, 0.6) is 0 Å². The minimum Gasteiger partial charge on any atom is -0.266 e. The van der Waals surface area contributed by atoms with Crippen LogP contribution in [0.1, 0.15) is 44.8 Å². The minimum absolute atomic E-state index is 0.259. The summed E-state index contributed by atoms with van der Waals surface area (Å²) in [5.41, 5.74) is 4.74. The van der Waals surface area contributed by atoms with Gasteiger partial charge in [-0.1, -0.05) is 37.1 Å². The molecule has 0 aliphatic heterocycles. The molecule has 0 spiro atoms. The van der Waals surface area contributed by atoms with E-state index in [4.69, 9.17) is 11.6 Å². The number of nitrogens with zero attached hydrogens (tertiary/aromatic N) is 1. The first kappa shape index (κ1) is 18.1. The Balaban J connectivity index is 1.87. The lowest BCUT2D eigenvalue weighted by Gasteiger charge is -2.03. The number of aryl methyl sites for hydroxylation is 2. The summed E-state index contributed by atoms with van der Waals surface area (Å²) in [6, 6.07) is 10.1. The lowest BCUT2D eigenvalue weighted by atomic mass is 10.2. The molecule has 3 aromatic rings. The third-order valence-electron chi connectivity index (χ3n) is 3.80. The molecule has 25 heavy (non-hydrogen) atoms. The van der Waals surface area contributed by atoms with Gasteiger partial charge in [-0.25, -0.2) is 5.43 Å². The van der Waals surface area contributed by atoms with E-state index >= 15 is 0 Å². The predicted octanol–water partition coefficient (Wildman–Crippen LogP) is 6.17. The van der Waals surface area contributed by atoms with Gasteiger partial charge in [-0.3, -0.25) is 4.79 Å². The number of hydrazone groups is 1. The van der Waals surface area contributed by atoms with E-state index in [1.54, 1.807) is 11.3 Å². The maximum atomic E-state index is 12.6. The van der Waals surface area contributed by atoms with E-state index in [2.05, 4.69) is 36.5 Å². The molecule has 2 aromatic heterocycles. The average Bonchev–Trinajstić information content (AvgIpc) is 3.15. The standard InChI is InChI=1S/C19H19ClN2OS2/c1-4-5-14(15-9-7-12(3)24-15)21-22-19(23)18-17(20)13-8-6-11(2)10-16(13)25-18/h6-10H,4-5H2,1-3H3,(H,22,23)/b21-14-. The highest BCUT2D eigenvalue weighted by Gasteiger charge is 2.17. The monoisotopic (exact) mass is 390 g/mol. The van der Waals surface area contributed by atoms with Crippen molar-refractivity contribution in [1.82, 2.24) is 5.43 Å². The molecule has 0 aliphatic carbocycles. The number of hydrogen-bond acceptors (Lipinski definition) is 4. The van der Waals surface area contributed by atoms with E-state index in [0.29, 0.717) is 9.90 Å². The third-order valence-corrected chi connectivity index (χ3v) is 6.50. The van der Waals surface area contributed by atoms with Crippen LogP contribution in [0.3, 0.4) is 0 Å². The lowest BCUT2D eigenvalue weighted by molar-refractivity contribution is 0.0959. The molecular weight excluding hydrogens is 372 g/mol. The van der Waals surface area contributed by atoms with E-state index in [1.807, 2.05) is 25.1 Å². The zero-order chi connectivity index (χ0) is 18.0.